The first-order valence-corrected chi connectivity index (χ1v) is 9.79. The fraction of sp³-hybridized carbons (Fsp3) is 0.364. The third kappa shape index (κ3) is 4.76. The molecule has 0 aliphatic carbocycles. The van der Waals surface area contributed by atoms with Crippen LogP contribution in [0.1, 0.15) is 19.4 Å². The second-order valence-electron chi connectivity index (χ2n) is 7.70. The van der Waals surface area contributed by atoms with Crippen molar-refractivity contribution in [3.05, 3.63) is 70.3 Å². The van der Waals surface area contributed by atoms with Gasteiger partial charge in [0, 0.05) is 38.3 Å². The van der Waals surface area contributed by atoms with Crippen LogP contribution < -0.4 is 4.74 Å². The Morgan fingerprint density at radius 1 is 0.967 bits per heavy atom. The topological polar surface area (TPSA) is 93.0 Å². The van der Waals surface area contributed by atoms with Crippen molar-refractivity contribution in [2.45, 2.75) is 19.3 Å². The summed E-state index contributed by atoms with van der Waals surface area (Å²) in [5.41, 5.74) is 0.296. The monoisotopic (exact) mass is 411 g/mol. The molecule has 3 rings (SSSR count). The minimum atomic E-state index is -0.632. The Labute approximate surface area is 175 Å². The maximum Gasteiger partial charge on any atom is 0.269 e. The number of piperazine rings is 1. The average Bonchev–Trinajstić information content (AvgIpc) is 2.78. The molecule has 8 nitrogen and oxygen atoms in total. The van der Waals surface area contributed by atoms with E-state index in [1.165, 1.54) is 24.3 Å². The number of hydrogen-bond donors (Lipinski definition) is 0. The second kappa shape index (κ2) is 8.94. The van der Waals surface area contributed by atoms with Gasteiger partial charge in [-0.3, -0.25) is 19.7 Å². The van der Waals surface area contributed by atoms with Crippen LogP contribution in [0.4, 0.5) is 5.69 Å². The molecule has 30 heavy (non-hydrogen) atoms. The van der Waals surface area contributed by atoms with E-state index < -0.39 is 10.3 Å². The molecule has 2 amide bonds. The van der Waals surface area contributed by atoms with Crippen LogP contribution in [-0.4, -0.2) is 59.3 Å². The van der Waals surface area contributed by atoms with Gasteiger partial charge >= 0.3 is 0 Å². The summed E-state index contributed by atoms with van der Waals surface area (Å²) in [6.45, 7) is 5.51. The smallest absolute Gasteiger partial charge is 0.269 e. The Kier molecular flexibility index (Phi) is 6.34. The van der Waals surface area contributed by atoms with Crippen LogP contribution in [-0.2, 0) is 15.0 Å². The van der Waals surface area contributed by atoms with Crippen LogP contribution in [0.15, 0.2) is 54.6 Å². The molecule has 2 aromatic carbocycles. The lowest BCUT2D eigenvalue weighted by Gasteiger charge is -2.38. The van der Waals surface area contributed by atoms with Crippen molar-refractivity contribution in [1.82, 2.24) is 9.80 Å². The summed E-state index contributed by atoms with van der Waals surface area (Å²) in [5, 5.41) is 10.7. The molecule has 0 spiro atoms. The zero-order chi connectivity index (χ0) is 21.7. The number of amides is 2. The SMILES string of the molecule is CC(C)(C(=O)N1CCN(C(=O)COc2ccc([N+](=O)[O-])cc2)CC1)c1ccccc1. The van der Waals surface area contributed by atoms with E-state index in [0.29, 0.717) is 31.9 Å². The van der Waals surface area contributed by atoms with Gasteiger partial charge in [0.05, 0.1) is 10.3 Å². The molecule has 0 aromatic heterocycles. The van der Waals surface area contributed by atoms with Crippen LogP contribution in [0.3, 0.4) is 0 Å². The van der Waals surface area contributed by atoms with Gasteiger partial charge in [-0.05, 0) is 31.5 Å². The molecular formula is C22H25N3O5. The number of carbonyl (C=O) groups excluding carboxylic acids is 2. The first-order valence-electron chi connectivity index (χ1n) is 9.79. The highest BCUT2D eigenvalue weighted by Gasteiger charge is 2.35. The van der Waals surface area contributed by atoms with Gasteiger partial charge in [0.15, 0.2) is 6.61 Å². The van der Waals surface area contributed by atoms with E-state index in [-0.39, 0.29) is 24.1 Å². The number of carbonyl (C=O) groups is 2. The Bertz CT molecular complexity index is 904. The molecule has 1 heterocycles. The summed E-state index contributed by atoms with van der Waals surface area (Å²) in [6.07, 6.45) is 0. The fourth-order valence-corrected chi connectivity index (χ4v) is 3.43. The van der Waals surface area contributed by atoms with E-state index in [1.807, 2.05) is 44.2 Å². The lowest BCUT2D eigenvalue weighted by molar-refractivity contribution is -0.384. The van der Waals surface area contributed by atoms with Crippen LogP contribution in [0, 0.1) is 10.1 Å². The van der Waals surface area contributed by atoms with Crippen molar-refractivity contribution in [2.24, 2.45) is 0 Å². The van der Waals surface area contributed by atoms with Gasteiger partial charge in [0.1, 0.15) is 5.75 Å². The number of benzene rings is 2. The van der Waals surface area contributed by atoms with Crippen LogP contribution in [0.2, 0.25) is 0 Å². The predicted molar refractivity (Wildman–Crippen MR) is 111 cm³/mol. The predicted octanol–water partition coefficient (Wildman–Crippen LogP) is 2.62. The van der Waals surface area contributed by atoms with Crippen molar-refractivity contribution in [2.75, 3.05) is 32.8 Å². The standard InChI is InChI=1S/C22H25N3O5/c1-22(2,17-6-4-3-5-7-17)21(27)24-14-12-23(13-15-24)20(26)16-30-19-10-8-18(9-11-19)25(28)29/h3-11H,12-16H2,1-2H3. The number of non-ortho nitro benzene ring substituents is 1. The van der Waals surface area contributed by atoms with Crippen LogP contribution >= 0.6 is 0 Å². The first-order chi connectivity index (χ1) is 14.3. The minimum Gasteiger partial charge on any atom is -0.484 e. The van der Waals surface area contributed by atoms with Gasteiger partial charge in [-0.25, -0.2) is 0 Å². The molecule has 1 aliphatic rings. The largest absolute Gasteiger partial charge is 0.484 e. The number of hydrogen-bond acceptors (Lipinski definition) is 5. The summed E-state index contributed by atoms with van der Waals surface area (Å²) < 4.78 is 5.45. The number of rotatable bonds is 6. The molecule has 8 heteroatoms. The molecular weight excluding hydrogens is 386 g/mol. The second-order valence-corrected chi connectivity index (χ2v) is 7.70. The summed E-state index contributed by atoms with van der Waals surface area (Å²) in [7, 11) is 0. The molecule has 0 unspecified atom stereocenters. The first kappa shape index (κ1) is 21.3. The van der Waals surface area contributed by atoms with Crippen LogP contribution in [0.5, 0.6) is 5.75 Å². The van der Waals surface area contributed by atoms with E-state index in [0.717, 1.165) is 5.56 Å². The van der Waals surface area contributed by atoms with E-state index in [9.17, 15) is 19.7 Å². The molecule has 158 valence electrons. The van der Waals surface area contributed by atoms with Gasteiger partial charge in [-0.1, -0.05) is 30.3 Å². The van der Waals surface area contributed by atoms with Gasteiger partial charge < -0.3 is 14.5 Å². The van der Waals surface area contributed by atoms with Crippen molar-refractivity contribution in [3.63, 3.8) is 0 Å². The van der Waals surface area contributed by atoms with E-state index in [1.54, 1.807) is 9.80 Å². The van der Waals surface area contributed by atoms with E-state index in [4.69, 9.17) is 4.74 Å². The Balaban J connectivity index is 1.50. The molecule has 0 N–H and O–H groups in total. The maximum atomic E-state index is 13.0. The summed E-state index contributed by atoms with van der Waals surface area (Å²) in [4.78, 5) is 39.1. The fourth-order valence-electron chi connectivity index (χ4n) is 3.43. The Morgan fingerprint density at radius 2 is 1.53 bits per heavy atom. The van der Waals surface area contributed by atoms with E-state index >= 15 is 0 Å². The maximum absolute atomic E-state index is 13.0. The van der Waals surface area contributed by atoms with Crippen molar-refractivity contribution >= 4 is 17.5 Å². The Hall–Kier alpha value is -3.42. The lowest BCUT2D eigenvalue weighted by atomic mass is 9.83. The summed E-state index contributed by atoms with van der Waals surface area (Å²) in [5.74, 6) is 0.262. The molecule has 1 saturated heterocycles. The Morgan fingerprint density at radius 3 is 2.10 bits per heavy atom. The summed E-state index contributed by atoms with van der Waals surface area (Å²) >= 11 is 0. The number of nitro groups is 1. The number of nitrogens with zero attached hydrogens (tertiary/aromatic N) is 3. The van der Waals surface area contributed by atoms with Crippen molar-refractivity contribution in [3.8, 4) is 5.75 Å². The highest BCUT2D eigenvalue weighted by atomic mass is 16.6. The van der Waals surface area contributed by atoms with Gasteiger partial charge in [0.25, 0.3) is 11.6 Å². The molecule has 2 aromatic rings. The lowest BCUT2D eigenvalue weighted by Crippen LogP contribution is -2.55. The molecule has 1 fully saturated rings. The van der Waals surface area contributed by atoms with Gasteiger partial charge in [0.2, 0.25) is 5.91 Å². The number of nitro benzene ring substituents is 1. The molecule has 1 aliphatic heterocycles. The summed E-state index contributed by atoms with van der Waals surface area (Å²) in [6, 6.07) is 15.3. The van der Waals surface area contributed by atoms with Gasteiger partial charge in [-0.2, -0.15) is 0 Å². The third-order valence-corrected chi connectivity index (χ3v) is 5.36. The van der Waals surface area contributed by atoms with Gasteiger partial charge in [-0.15, -0.1) is 0 Å². The number of ether oxygens (including phenoxy) is 1. The minimum absolute atomic E-state index is 0.0344. The zero-order valence-corrected chi connectivity index (χ0v) is 17.1. The molecule has 0 bridgehead atoms. The van der Waals surface area contributed by atoms with E-state index in [2.05, 4.69) is 0 Å². The average molecular weight is 411 g/mol. The molecule has 0 atom stereocenters. The quantitative estimate of drug-likeness (QED) is 0.538. The highest BCUT2D eigenvalue weighted by molar-refractivity contribution is 5.87. The van der Waals surface area contributed by atoms with Crippen molar-refractivity contribution < 1.29 is 19.2 Å². The highest BCUT2D eigenvalue weighted by Crippen LogP contribution is 2.26. The molecule has 0 radical (unpaired) electrons. The third-order valence-electron chi connectivity index (χ3n) is 5.36. The van der Waals surface area contributed by atoms with Crippen LogP contribution in [0.25, 0.3) is 0 Å². The zero-order valence-electron chi connectivity index (χ0n) is 17.1. The van der Waals surface area contributed by atoms with Crippen molar-refractivity contribution in [1.29, 1.82) is 0 Å². The molecule has 0 saturated carbocycles. The normalized spacial score (nSPS) is 14.3.